The van der Waals surface area contributed by atoms with Gasteiger partial charge in [-0.15, -0.1) is 0 Å². The summed E-state index contributed by atoms with van der Waals surface area (Å²) in [6.07, 6.45) is 5.46. The maximum absolute atomic E-state index is 11.5. The molecule has 0 atom stereocenters. The second-order valence-electron chi connectivity index (χ2n) is 3.84. The fourth-order valence-corrected chi connectivity index (χ4v) is 1.82. The molecule has 0 aromatic rings. The molecule has 0 aliphatic heterocycles. The second-order valence-corrected chi connectivity index (χ2v) is 3.84. The summed E-state index contributed by atoms with van der Waals surface area (Å²) in [5.41, 5.74) is 0. The fourth-order valence-electron chi connectivity index (χ4n) is 1.82. The minimum absolute atomic E-state index is 0.0105. The third kappa shape index (κ3) is 5.14. The highest BCUT2D eigenvalue weighted by Crippen LogP contribution is 2.24. The highest BCUT2D eigenvalue weighted by atomic mass is 16.6. The molecule has 1 fully saturated rings. The van der Waals surface area contributed by atoms with Gasteiger partial charge in [-0.1, -0.05) is 19.3 Å². The molecule has 1 rings (SSSR count). The number of esters is 1. The molecular formula is C11H20O4. The van der Waals surface area contributed by atoms with Gasteiger partial charge in [0.05, 0.1) is 25.7 Å². The van der Waals surface area contributed by atoms with E-state index in [1.165, 1.54) is 6.42 Å². The Morgan fingerprint density at radius 2 is 1.87 bits per heavy atom. The first-order chi connectivity index (χ1) is 7.34. The van der Waals surface area contributed by atoms with Gasteiger partial charge in [0, 0.05) is 0 Å². The van der Waals surface area contributed by atoms with E-state index in [1.54, 1.807) is 0 Å². The fraction of sp³-hybridized carbons (Fsp3) is 0.909. The van der Waals surface area contributed by atoms with Crippen molar-refractivity contribution in [3.8, 4) is 0 Å². The molecule has 0 radical (unpaired) electrons. The van der Waals surface area contributed by atoms with E-state index in [1.807, 2.05) is 0 Å². The van der Waals surface area contributed by atoms with Crippen molar-refractivity contribution in [1.29, 1.82) is 0 Å². The van der Waals surface area contributed by atoms with E-state index in [9.17, 15) is 4.79 Å². The smallest absolute Gasteiger partial charge is 0.309 e. The van der Waals surface area contributed by atoms with Crippen LogP contribution in [0.2, 0.25) is 0 Å². The first-order valence-electron chi connectivity index (χ1n) is 5.70. The van der Waals surface area contributed by atoms with Crippen LogP contribution in [0.3, 0.4) is 0 Å². The molecule has 0 bridgehead atoms. The lowest BCUT2D eigenvalue weighted by atomic mass is 9.89. The molecule has 0 amide bonds. The monoisotopic (exact) mass is 216 g/mol. The molecule has 0 aromatic carbocycles. The van der Waals surface area contributed by atoms with Crippen LogP contribution < -0.4 is 0 Å². The number of carbonyl (C=O) groups is 1. The van der Waals surface area contributed by atoms with Gasteiger partial charge in [-0.2, -0.15) is 0 Å². The molecule has 1 aliphatic carbocycles. The predicted octanol–water partition coefficient (Wildman–Crippen LogP) is 1.12. The number of hydrogen-bond acceptors (Lipinski definition) is 4. The summed E-state index contributed by atoms with van der Waals surface area (Å²) in [5, 5.41) is 8.45. The third-order valence-corrected chi connectivity index (χ3v) is 2.65. The summed E-state index contributed by atoms with van der Waals surface area (Å²) in [5.74, 6) is 0.0268. The quantitative estimate of drug-likeness (QED) is 0.534. The third-order valence-electron chi connectivity index (χ3n) is 2.65. The number of aliphatic hydroxyl groups is 1. The number of carbonyl (C=O) groups excluding carboxylic acids is 1. The van der Waals surface area contributed by atoms with Gasteiger partial charge in [0.2, 0.25) is 0 Å². The Hall–Kier alpha value is -0.610. The van der Waals surface area contributed by atoms with Gasteiger partial charge in [-0.25, -0.2) is 0 Å². The standard InChI is InChI=1S/C11H20O4/c12-6-7-14-8-9-15-11(13)10-4-2-1-3-5-10/h10,12H,1-9H2. The van der Waals surface area contributed by atoms with Gasteiger partial charge in [0.25, 0.3) is 0 Å². The highest BCUT2D eigenvalue weighted by molar-refractivity contribution is 5.72. The molecule has 1 N–H and O–H groups in total. The van der Waals surface area contributed by atoms with Crippen LogP contribution in [-0.4, -0.2) is 37.5 Å². The molecule has 0 heterocycles. The van der Waals surface area contributed by atoms with Crippen LogP contribution in [0.25, 0.3) is 0 Å². The Kier molecular flexibility index (Phi) is 6.36. The minimum Gasteiger partial charge on any atom is -0.463 e. The number of ether oxygens (including phenoxy) is 2. The summed E-state index contributed by atoms with van der Waals surface area (Å²) in [7, 11) is 0. The molecule has 1 saturated carbocycles. The maximum Gasteiger partial charge on any atom is 0.309 e. The van der Waals surface area contributed by atoms with E-state index in [0.29, 0.717) is 19.8 Å². The van der Waals surface area contributed by atoms with Crippen molar-refractivity contribution in [1.82, 2.24) is 0 Å². The van der Waals surface area contributed by atoms with Crippen LogP contribution in [-0.2, 0) is 14.3 Å². The molecule has 88 valence electrons. The lowest BCUT2D eigenvalue weighted by molar-refractivity contribution is -0.151. The van der Waals surface area contributed by atoms with Crippen LogP contribution in [0.5, 0.6) is 0 Å². The Balaban J connectivity index is 2.02. The molecule has 4 nitrogen and oxygen atoms in total. The van der Waals surface area contributed by atoms with Crippen molar-refractivity contribution in [2.75, 3.05) is 26.4 Å². The Morgan fingerprint density at radius 3 is 2.53 bits per heavy atom. The maximum atomic E-state index is 11.5. The Labute approximate surface area is 90.6 Å². The van der Waals surface area contributed by atoms with Gasteiger partial charge < -0.3 is 14.6 Å². The van der Waals surface area contributed by atoms with E-state index in [-0.39, 0.29) is 18.5 Å². The highest BCUT2D eigenvalue weighted by Gasteiger charge is 2.21. The summed E-state index contributed by atoms with van der Waals surface area (Å²) in [6.45, 7) is 0.992. The molecule has 0 saturated heterocycles. The number of rotatable bonds is 6. The topological polar surface area (TPSA) is 55.8 Å². The Bertz CT molecular complexity index is 175. The second kappa shape index (κ2) is 7.65. The van der Waals surface area contributed by atoms with Crippen molar-refractivity contribution in [2.24, 2.45) is 5.92 Å². The van der Waals surface area contributed by atoms with Gasteiger partial charge in [-0.3, -0.25) is 4.79 Å². The lowest BCUT2D eigenvalue weighted by Crippen LogP contribution is -2.22. The van der Waals surface area contributed by atoms with Gasteiger partial charge in [-0.05, 0) is 12.8 Å². The van der Waals surface area contributed by atoms with Crippen LogP contribution >= 0.6 is 0 Å². The first kappa shape index (κ1) is 12.5. The molecular weight excluding hydrogens is 196 g/mol. The van der Waals surface area contributed by atoms with Crippen LogP contribution in [0.15, 0.2) is 0 Å². The molecule has 15 heavy (non-hydrogen) atoms. The van der Waals surface area contributed by atoms with Crippen LogP contribution in [0.4, 0.5) is 0 Å². The van der Waals surface area contributed by atoms with E-state index in [0.717, 1.165) is 25.7 Å². The largest absolute Gasteiger partial charge is 0.463 e. The molecule has 1 aliphatic rings. The van der Waals surface area contributed by atoms with Crippen molar-refractivity contribution < 1.29 is 19.4 Å². The minimum atomic E-state index is -0.0812. The summed E-state index contributed by atoms with van der Waals surface area (Å²) in [6, 6.07) is 0. The van der Waals surface area contributed by atoms with Crippen molar-refractivity contribution >= 4 is 5.97 Å². The molecule has 0 aromatic heterocycles. The normalized spacial score (nSPS) is 17.7. The van der Waals surface area contributed by atoms with Crippen molar-refractivity contribution in [2.45, 2.75) is 32.1 Å². The zero-order valence-corrected chi connectivity index (χ0v) is 9.11. The summed E-state index contributed by atoms with van der Waals surface area (Å²) in [4.78, 5) is 11.5. The number of hydrogen-bond donors (Lipinski definition) is 1. The molecule has 0 spiro atoms. The zero-order valence-electron chi connectivity index (χ0n) is 9.11. The first-order valence-corrected chi connectivity index (χ1v) is 5.70. The predicted molar refractivity (Wildman–Crippen MR) is 55.4 cm³/mol. The number of aliphatic hydroxyl groups excluding tert-OH is 1. The average molecular weight is 216 g/mol. The lowest BCUT2D eigenvalue weighted by Gasteiger charge is -2.19. The van der Waals surface area contributed by atoms with E-state index in [2.05, 4.69) is 0 Å². The van der Waals surface area contributed by atoms with Crippen LogP contribution in [0.1, 0.15) is 32.1 Å². The molecule has 4 heteroatoms. The van der Waals surface area contributed by atoms with E-state index in [4.69, 9.17) is 14.6 Å². The van der Waals surface area contributed by atoms with Crippen molar-refractivity contribution in [3.05, 3.63) is 0 Å². The average Bonchev–Trinajstić information content (AvgIpc) is 2.30. The SMILES string of the molecule is O=C(OCCOCCO)C1CCCCC1. The Morgan fingerprint density at radius 1 is 1.13 bits per heavy atom. The van der Waals surface area contributed by atoms with E-state index >= 15 is 0 Å². The molecule has 0 unspecified atom stereocenters. The zero-order chi connectivity index (χ0) is 10.9. The summed E-state index contributed by atoms with van der Waals surface area (Å²) >= 11 is 0. The van der Waals surface area contributed by atoms with Gasteiger partial charge in [0.1, 0.15) is 6.61 Å². The van der Waals surface area contributed by atoms with E-state index < -0.39 is 0 Å². The van der Waals surface area contributed by atoms with Gasteiger partial charge in [0.15, 0.2) is 0 Å². The van der Waals surface area contributed by atoms with Crippen molar-refractivity contribution in [3.63, 3.8) is 0 Å². The summed E-state index contributed by atoms with van der Waals surface area (Å²) < 4.78 is 10.1. The van der Waals surface area contributed by atoms with Crippen LogP contribution in [0, 0.1) is 5.92 Å². The van der Waals surface area contributed by atoms with Gasteiger partial charge >= 0.3 is 5.97 Å².